The summed E-state index contributed by atoms with van der Waals surface area (Å²) in [6.07, 6.45) is 8.11. The number of hydrogen-bond donors (Lipinski definition) is 0. The Hall–Kier alpha value is 0.371. The summed E-state index contributed by atoms with van der Waals surface area (Å²) in [5, 5.41) is 0. The second kappa shape index (κ2) is 6.51. The molecule has 0 saturated heterocycles. The van der Waals surface area contributed by atoms with Gasteiger partial charge in [-0.25, -0.2) is 0 Å². The summed E-state index contributed by atoms with van der Waals surface area (Å²) < 4.78 is 7.76. The molecule has 1 unspecified atom stereocenters. The van der Waals surface area contributed by atoms with Gasteiger partial charge in [0, 0.05) is 0 Å². The normalized spacial score (nSPS) is 18.2. The van der Waals surface area contributed by atoms with Crippen molar-refractivity contribution in [3.63, 3.8) is 0 Å². The first-order chi connectivity index (χ1) is 7.79. The van der Waals surface area contributed by atoms with Crippen LogP contribution in [0.4, 0.5) is 0 Å². The van der Waals surface area contributed by atoms with Crippen molar-refractivity contribution < 1.29 is 25.2 Å². The van der Waals surface area contributed by atoms with E-state index >= 15 is 0 Å². The summed E-state index contributed by atoms with van der Waals surface area (Å²) >= 11 is 2.25. The van der Waals surface area contributed by atoms with Gasteiger partial charge in [0.25, 0.3) is 0 Å². The Labute approximate surface area is 120 Å². The van der Waals surface area contributed by atoms with E-state index in [2.05, 4.69) is 66.5 Å². The predicted octanol–water partition coefficient (Wildman–Crippen LogP) is 3.74. The second-order valence-electron chi connectivity index (χ2n) is 6.16. The second-order valence-corrected chi connectivity index (χ2v) is 10.3. The number of rotatable bonds is 5. The zero-order valence-corrected chi connectivity index (χ0v) is 14.6. The van der Waals surface area contributed by atoms with Crippen LogP contribution in [0.15, 0.2) is 21.6 Å². The van der Waals surface area contributed by atoms with E-state index < -0.39 is 8.80 Å². The van der Waals surface area contributed by atoms with Crippen LogP contribution in [-0.4, -0.2) is 20.1 Å². The molecule has 0 radical (unpaired) electrons. The molecule has 1 atom stereocenters. The van der Waals surface area contributed by atoms with Gasteiger partial charge >= 0.3 is 120 Å². The van der Waals surface area contributed by atoms with Crippen molar-refractivity contribution in [1.82, 2.24) is 0 Å². The Morgan fingerprint density at radius 1 is 1.41 bits per heavy atom. The molecule has 1 rings (SSSR count). The molecule has 0 bridgehead atoms. The van der Waals surface area contributed by atoms with Crippen LogP contribution in [-0.2, 0) is 25.2 Å². The van der Waals surface area contributed by atoms with Crippen LogP contribution in [0.25, 0.3) is 0 Å². The summed E-state index contributed by atoms with van der Waals surface area (Å²) in [5.41, 5.74) is 2.04. The van der Waals surface area contributed by atoms with E-state index in [1.807, 2.05) is 0 Å². The third kappa shape index (κ3) is 5.69. The van der Waals surface area contributed by atoms with Gasteiger partial charge in [-0.3, -0.25) is 0 Å². The fourth-order valence-electron chi connectivity index (χ4n) is 2.07. The molecule has 0 heterocycles. The summed E-state index contributed by atoms with van der Waals surface area (Å²) in [7, 11) is -0.735. The standard InChI is InChI=1S/C14H25OSi.Ti/c1-14(2,3)15-13(16(4)5)11-10-12-8-6-7-9-12;/h6,8,13,16H,7,10-11H2,1-5H3;. The summed E-state index contributed by atoms with van der Waals surface area (Å²) in [6.45, 7) is 11.3. The molecule has 0 aromatic heterocycles. The fourth-order valence-corrected chi connectivity index (χ4v) is 4.09. The molecule has 3 heteroatoms. The predicted molar refractivity (Wildman–Crippen MR) is 73.5 cm³/mol. The van der Waals surface area contributed by atoms with Gasteiger partial charge in [0.05, 0.1) is 0 Å². The molecule has 95 valence electrons. The van der Waals surface area contributed by atoms with E-state index in [4.69, 9.17) is 4.74 Å². The zero-order valence-electron chi connectivity index (χ0n) is 11.8. The monoisotopic (exact) mass is 285 g/mol. The van der Waals surface area contributed by atoms with E-state index in [0.717, 1.165) is 6.42 Å². The summed E-state index contributed by atoms with van der Waals surface area (Å²) in [6, 6.07) is 0. The first-order valence-electron chi connectivity index (χ1n) is 6.57. The molecule has 0 amide bonds. The fraction of sp³-hybridized carbons (Fsp3) is 0.714. The molecular weight excluding hydrogens is 260 g/mol. The SMILES string of the molecule is C[SiH](C)C(CCC1=[C]([Ti])CC=C1)OC(C)(C)C. The van der Waals surface area contributed by atoms with Crippen LogP contribution < -0.4 is 0 Å². The quantitative estimate of drug-likeness (QED) is 0.699. The van der Waals surface area contributed by atoms with Gasteiger partial charge in [0.1, 0.15) is 0 Å². The molecule has 17 heavy (non-hydrogen) atoms. The molecule has 1 aliphatic rings. The van der Waals surface area contributed by atoms with Crippen molar-refractivity contribution in [1.29, 1.82) is 0 Å². The molecule has 0 spiro atoms. The average Bonchev–Trinajstić information content (AvgIpc) is 2.56. The van der Waals surface area contributed by atoms with Crippen LogP contribution in [0, 0.1) is 0 Å². The van der Waals surface area contributed by atoms with Gasteiger partial charge in [-0.05, 0) is 0 Å². The van der Waals surface area contributed by atoms with E-state index in [1.54, 1.807) is 9.45 Å². The molecular formula is C14H25OSiTi. The topological polar surface area (TPSA) is 9.23 Å². The Morgan fingerprint density at radius 3 is 2.47 bits per heavy atom. The van der Waals surface area contributed by atoms with Gasteiger partial charge in [0.2, 0.25) is 0 Å². The van der Waals surface area contributed by atoms with Crippen molar-refractivity contribution in [3.8, 4) is 0 Å². The molecule has 1 nitrogen and oxygen atoms in total. The first kappa shape index (κ1) is 15.4. The van der Waals surface area contributed by atoms with Crippen LogP contribution in [0.2, 0.25) is 13.1 Å². The minimum atomic E-state index is -0.735. The van der Waals surface area contributed by atoms with E-state index in [9.17, 15) is 0 Å². The van der Waals surface area contributed by atoms with Gasteiger partial charge in [0.15, 0.2) is 0 Å². The molecule has 0 aromatic rings. The van der Waals surface area contributed by atoms with Crippen molar-refractivity contribution in [2.24, 2.45) is 0 Å². The number of hydrogen-bond acceptors (Lipinski definition) is 1. The summed E-state index contributed by atoms with van der Waals surface area (Å²) in [4.78, 5) is 0. The summed E-state index contributed by atoms with van der Waals surface area (Å²) in [5.74, 6) is 0. The van der Waals surface area contributed by atoms with E-state index in [0.29, 0.717) is 5.73 Å². The minimum absolute atomic E-state index is 0.00310. The molecule has 1 aliphatic carbocycles. The Bertz CT molecular complexity index is 313. The molecule has 0 saturated carbocycles. The Morgan fingerprint density at radius 2 is 2.06 bits per heavy atom. The zero-order chi connectivity index (χ0) is 13.1. The van der Waals surface area contributed by atoms with Crippen molar-refractivity contribution in [2.75, 3.05) is 0 Å². The van der Waals surface area contributed by atoms with Crippen molar-refractivity contribution in [2.45, 2.75) is 64.5 Å². The van der Waals surface area contributed by atoms with Crippen molar-refractivity contribution >= 4 is 8.80 Å². The van der Waals surface area contributed by atoms with Gasteiger partial charge < -0.3 is 0 Å². The molecule has 0 aromatic carbocycles. The van der Waals surface area contributed by atoms with E-state index in [-0.39, 0.29) is 5.60 Å². The van der Waals surface area contributed by atoms with Gasteiger partial charge in [-0.1, -0.05) is 0 Å². The average molecular weight is 285 g/mol. The van der Waals surface area contributed by atoms with Crippen LogP contribution >= 0.6 is 0 Å². The van der Waals surface area contributed by atoms with Crippen LogP contribution in [0.3, 0.4) is 0 Å². The third-order valence-corrected chi connectivity index (χ3v) is 5.75. The van der Waals surface area contributed by atoms with E-state index in [1.165, 1.54) is 12.8 Å². The van der Waals surface area contributed by atoms with Crippen molar-refractivity contribution in [3.05, 3.63) is 21.6 Å². The maximum atomic E-state index is 6.21. The Balaban J connectivity index is 2.51. The molecule has 0 N–H and O–H groups in total. The van der Waals surface area contributed by atoms with Crippen LogP contribution in [0.5, 0.6) is 0 Å². The Kier molecular flexibility index (Phi) is 5.91. The third-order valence-electron chi connectivity index (χ3n) is 2.98. The number of ether oxygens (including phenoxy) is 1. The van der Waals surface area contributed by atoms with Gasteiger partial charge in [-0.15, -0.1) is 0 Å². The van der Waals surface area contributed by atoms with Gasteiger partial charge in [-0.2, -0.15) is 0 Å². The molecule has 0 fully saturated rings. The molecule has 0 aliphatic heterocycles. The maximum absolute atomic E-state index is 6.21. The first-order valence-corrected chi connectivity index (χ1v) is 10.3. The van der Waals surface area contributed by atoms with Crippen LogP contribution in [0.1, 0.15) is 40.0 Å². The number of allylic oxidation sites excluding steroid dienone is 4.